The normalized spacial score (nSPS) is 31.1. The molecule has 4 unspecified atom stereocenters. The van der Waals surface area contributed by atoms with Crippen molar-refractivity contribution in [3.63, 3.8) is 0 Å². The van der Waals surface area contributed by atoms with Crippen LogP contribution >= 0.6 is 0 Å². The number of carbonyl (C=O) groups excluding carboxylic acids is 1. The zero-order valence-corrected chi connectivity index (χ0v) is 17.4. The van der Waals surface area contributed by atoms with Gasteiger partial charge in [0.15, 0.2) is 0 Å². The van der Waals surface area contributed by atoms with E-state index in [9.17, 15) is 4.79 Å². The number of likely N-dealkylation sites (N-methyl/N-ethyl adjacent to an activating group) is 1. The van der Waals surface area contributed by atoms with Crippen molar-refractivity contribution in [2.24, 2.45) is 17.3 Å². The number of fused-ring (bicyclic) bond motifs is 5. The Balaban J connectivity index is 1.45. The van der Waals surface area contributed by atoms with E-state index < -0.39 is 0 Å². The molecule has 1 amide bonds. The van der Waals surface area contributed by atoms with Crippen molar-refractivity contribution < 1.29 is 9.53 Å². The minimum atomic E-state index is -0.381. The molecule has 0 heterocycles. The number of carbonyl (C=O) groups is 1. The highest BCUT2D eigenvalue weighted by molar-refractivity contribution is 5.89. The second-order valence-electron chi connectivity index (χ2n) is 9.37. The Morgan fingerprint density at radius 1 is 1.29 bits per heavy atom. The first-order chi connectivity index (χ1) is 13.4. The summed E-state index contributed by atoms with van der Waals surface area (Å²) < 4.78 is 5.50. The van der Waals surface area contributed by atoms with Gasteiger partial charge in [-0.05, 0) is 93.6 Å². The van der Waals surface area contributed by atoms with Gasteiger partial charge in [0.25, 0.3) is 0 Å². The third-order valence-corrected chi connectivity index (χ3v) is 7.52. The number of ether oxygens (including phenoxy) is 1. The van der Waals surface area contributed by atoms with E-state index in [1.165, 1.54) is 30.4 Å². The number of nitrogens with zero attached hydrogens (tertiary/aromatic N) is 1. The molecular formula is C23H33N3O2. The van der Waals surface area contributed by atoms with Crippen LogP contribution in [0.4, 0.5) is 4.79 Å². The molecule has 0 bridgehead atoms. The molecule has 2 saturated carbocycles. The number of amides is 1. The van der Waals surface area contributed by atoms with Crippen LogP contribution in [0.2, 0.25) is 0 Å². The lowest BCUT2D eigenvalue weighted by molar-refractivity contribution is 0.0953. The van der Waals surface area contributed by atoms with Crippen LogP contribution in [-0.4, -0.2) is 43.9 Å². The third-order valence-electron chi connectivity index (χ3n) is 7.52. The average molecular weight is 384 g/mol. The number of rotatable bonds is 4. The number of nitrogens with one attached hydrogen (secondary N) is 2. The van der Waals surface area contributed by atoms with Crippen LogP contribution in [0.25, 0.3) is 0 Å². The Bertz CT molecular complexity index is 775. The Kier molecular flexibility index (Phi) is 5.21. The highest BCUT2D eigenvalue weighted by Crippen LogP contribution is 2.59. The lowest BCUT2D eigenvalue weighted by Gasteiger charge is -2.49. The molecule has 0 saturated heterocycles. The minimum absolute atomic E-state index is 0.145. The van der Waals surface area contributed by atoms with Gasteiger partial charge in [0.1, 0.15) is 5.75 Å². The molecule has 0 radical (unpaired) electrons. The lowest BCUT2D eigenvalue weighted by Crippen LogP contribution is -2.42. The molecule has 152 valence electrons. The molecule has 28 heavy (non-hydrogen) atoms. The average Bonchev–Trinajstić information content (AvgIpc) is 2.96. The van der Waals surface area contributed by atoms with E-state index in [4.69, 9.17) is 10.1 Å². The summed E-state index contributed by atoms with van der Waals surface area (Å²) in [5.74, 6) is 2.62. The maximum absolute atomic E-state index is 12.0. The molecule has 5 nitrogen and oxygen atoms in total. The lowest BCUT2D eigenvalue weighted by atomic mass is 9.55. The van der Waals surface area contributed by atoms with E-state index in [1.807, 2.05) is 25.1 Å². The molecule has 4 rings (SSSR count). The van der Waals surface area contributed by atoms with Crippen molar-refractivity contribution in [2.75, 3.05) is 27.2 Å². The monoisotopic (exact) mass is 383 g/mol. The van der Waals surface area contributed by atoms with Gasteiger partial charge in [-0.15, -0.1) is 0 Å². The molecule has 0 aromatic heterocycles. The largest absolute Gasteiger partial charge is 0.412 e. The van der Waals surface area contributed by atoms with Crippen LogP contribution in [0.15, 0.2) is 18.2 Å². The van der Waals surface area contributed by atoms with E-state index in [0.717, 1.165) is 31.5 Å². The molecule has 1 aromatic carbocycles. The van der Waals surface area contributed by atoms with Crippen molar-refractivity contribution in [2.45, 2.75) is 51.4 Å². The van der Waals surface area contributed by atoms with Crippen LogP contribution < -0.4 is 10.1 Å². The van der Waals surface area contributed by atoms with Crippen molar-refractivity contribution in [1.29, 1.82) is 5.41 Å². The molecule has 0 aliphatic heterocycles. The SMILES string of the molecule is CN(C)CCNC(=O)Oc1ccc2c(c1)CCC1C2CCC2(C)C(=N)CCC12. The standard InChI is InChI=1S/C23H33N3O2/c1-23-11-10-18-17-7-5-16(28-22(27)25-12-13-26(2)3)14-15(17)4-6-19(18)20(23)8-9-21(23)24/h5,7,14,18-20,24H,4,6,8-13H2,1-3H3,(H,25,27). The highest BCUT2D eigenvalue weighted by Gasteiger charge is 2.52. The van der Waals surface area contributed by atoms with Gasteiger partial charge in [-0.25, -0.2) is 4.79 Å². The zero-order chi connectivity index (χ0) is 19.9. The first kappa shape index (κ1) is 19.4. The summed E-state index contributed by atoms with van der Waals surface area (Å²) >= 11 is 0. The van der Waals surface area contributed by atoms with Crippen LogP contribution in [0, 0.1) is 22.7 Å². The fourth-order valence-electron chi connectivity index (χ4n) is 5.96. The van der Waals surface area contributed by atoms with E-state index in [0.29, 0.717) is 30.0 Å². The topological polar surface area (TPSA) is 65.4 Å². The summed E-state index contributed by atoms with van der Waals surface area (Å²) in [5.41, 5.74) is 3.94. The Morgan fingerprint density at radius 3 is 2.89 bits per heavy atom. The van der Waals surface area contributed by atoms with Gasteiger partial charge in [-0.3, -0.25) is 0 Å². The van der Waals surface area contributed by atoms with Gasteiger partial charge < -0.3 is 20.4 Å². The second kappa shape index (κ2) is 7.51. The smallest absolute Gasteiger partial charge is 0.410 e. The molecule has 0 spiro atoms. The molecule has 3 aliphatic rings. The van der Waals surface area contributed by atoms with Gasteiger partial charge in [0, 0.05) is 24.2 Å². The maximum atomic E-state index is 12.0. The van der Waals surface area contributed by atoms with E-state index in [2.05, 4.69) is 24.4 Å². The van der Waals surface area contributed by atoms with Crippen LogP contribution in [0.3, 0.4) is 0 Å². The second-order valence-corrected chi connectivity index (χ2v) is 9.37. The molecular weight excluding hydrogens is 350 g/mol. The Hall–Kier alpha value is -1.88. The first-order valence-corrected chi connectivity index (χ1v) is 10.7. The summed E-state index contributed by atoms with van der Waals surface area (Å²) in [6.07, 6.45) is 6.38. The number of aryl methyl sites for hydroxylation is 1. The number of hydrogen-bond donors (Lipinski definition) is 2. The van der Waals surface area contributed by atoms with Gasteiger partial charge in [0.2, 0.25) is 0 Å². The van der Waals surface area contributed by atoms with E-state index >= 15 is 0 Å². The number of hydrogen-bond acceptors (Lipinski definition) is 4. The van der Waals surface area contributed by atoms with Gasteiger partial charge in [-0.1, -0.05) is 13.0 Å². The summed E-state index contributed by atoms with van der Waals surface area (Å²) in [6.45, 7) is 3.71. The van der Waals surface area contributed by atoms with Crippen LogP contribution in [-0.2, 0) is 6.42 Å². The summed E-state index contributed by atoms with van der Waals surface area (Å²) in [6, 6.07) is 6.22. The van der Waals surface area contributed by atoms with Gasteiger partial charge in [-0.2, -0.15) is 0 Å². The van der Waals surface area contributed by atoms with Crippen LogP contribution in [0.5, 0.6) is 5.75 Å². The van der Waals surface area contributed by atoms with Gasteiger partial charge >= 0.3 is 6.09 Å². The molecule has 3 aliphatic carbocycles. The first-order valence-electron chi connectivity index (χ1n) is 10.7. The van der Waals surface area contributed by atoms with E-state index in [1.54, 1.807) is 0 Å². The van der Waals surface area contributed by atoms with Crippen molar-refractivity contribution >= 4 is 11.8 Å². The van der Waals surface area contributed by atoms with Gasteiger partial charge in [0.05, 0.1) is 0 Å². The van der Waals surface area contributed by atoms with E-state index in [-0.39, 0.29) is 11.5 Å². The summed E-state index contributed by atoms with van der Waals surface area (Å²) in [7, 11) is 3.96. The quantitative estimate of drug-likeness (QED) is 0.818. The Morgan fingerprint density at radius 2 is 2.11 bits per heavy atom. The zero-order valence-electron chi connectivity index (χ0n) is 17.4. The summed E-state index contributed by atoms with van der Waals surface area (Å²) in [5, 5.41) is 11.2. The Labute approximate surface area is 168 Å². The van der Waals surface area contributed by atoms with Crippen molar-refractivity contribution in [3.8, 4) is 5.75 Å². The third kappa shape index (κ3) is 3.45. The molecule has 5 heteroatoms. The van der Waals surface area contributed by atoms with Crippen LogP contribution in [0.1, 0.15) is 56.1 Å². The molecule has 4 atom stereocenters. The molecule has 2 N–H and O–H groups in total. The molecule has 2 fully saturated rings. The molecule has 1 aromatic rings. The fraction of sp³-hybridized carbons (Fsp3) is 0.652. The maximum Gasteiger partial charge on any atom is 0.412 e. The predicted octanol–water partition coefficient (Wildman–Crippen LogP) is 4.21. The predicted molar refractivity (Wildman–Crippen MR) is 111 cm³/mol. The fourth-order valence-corrected chi connectivity index (χ4v) is 5.96. The highest BCUT2D eigenvalue weighted by atomic mass is 16.6. The minimum Gasteiger partial charge on any atom is -0.410 e. The van der Waals surface area contributed by atoms with Crippen molar-refractivity contribution in [1.82, 2.24) is 10.2 Å². The number of benzene rings is 1. The van der Waals surface area contributed by atoms with Crippen molar-refractivity contribution in [3.05, 3.63) is 29.3 Å². The summed E-state index contributed by atoms with van der Waals surface area (Å²) in [4.78, 5) is 14.0.